The van der Waals surface area contributed by atoms with E-state index in [2.05, 4.69) is 52.9 Å². The lowest BCUT2D eigenvalue weighted by atomic mass is 10.1. The van der Waals surface area contributed by atoms with Crippen LogP contribution < -0.4 is 15.4 Å². The van der Waals surface area contributed by atoms with Crippen molar-refractivity contribution in [2.24, 2.45) is 4.99 Å². The zero-order valence-corrected chi connectivity index (χ0v) is 18.7. The summed E-state index contributed by atoms with van der Waals surface area (Å²) in [6.07, 6.45) is 0.863. The summed E-state index contributed by atoms with van der Waals surface area (Å²) in [5.74, 6) is 1.64. The molecule has 2 N–H and O–H groups in total. The minimum absolute atomic E-state index is 0.619. The summed E-state index contributed by atoms with van der Waals surface area (Å²) in [6.45, 7) is 8.03. The van der Waals surface area contributed by atoms with E-state index in [1.807, 2.05) is 19.1 Å². The van der Waals surface area contributed by atoms with Gasteiger partial charge in [0.2, 0.25) is 0 Å². The molecule has 0 atom stereocenters. The van der Waals surface area contributed by atoms with E-state index in [1.54, 1.807) is 14.2 Å². The normalized spacial score (nSPS) is 11.4. The van der Waals surface area contributed by atoms with Gasteiger partial charge in [-0.1, -0.05) is 36.4 Å². The quantitative estimate of drug-likeness (QED) is 0.315. The van der Waals surface area contributed by atoms with Gasteiger partial charge in [-0.15, -0.1) is 0 Å². The van der Waals surface area contributed by atoms with E-state index in [1.165, 1.54) is 16.7 Å². The molecule has 2 aromatic rings. The molecule has 0 fully saturated rings. The number of nitrogens with zero attached hydrogens (tertiary/aromatic N) is 1. The van der Waals surface area contributed by atoms with Crippen molar-refractivity contribution in [1.29, 1.82) is 0 Å². The molecule has 2 rings (SSSR count). The molecule has 0 saturated heterocycles. The van der Waals surface area contributed by atoms with Crippen molar-refractivity contribution in [1.82, 2.24) is 10.6 Å². The number of hydrogen-bond acceptors (Lipinski definition) is 4. The van der Waals surface area contributed by atoms with Gasteiger partial charge in [0, 0.05) is 52.4 Å². The fourth-order valence-electron chi connectivity index (χ4n) is 2.99. The highest BCUT2D eigenvalue weighted by molar-refractivity contribution is 5.79. The van der Waals surface area contributed by atoms with Crippen molar-refractivity contribution in [3.8, 4) is 5.75 Å². The third-order valence-corrected chi connectivity index (χ3v) is 4.67. The van der Waals surface area contributed by atoms with Gasteiger partial charge in [-0.2, -0.15) is 0 Å². The minimum atomic E-state index is 0.619. The summed E-state index contributed by atoms with van der Waals surface area (Å²) >= 11 is 0. The molecule has 30 heavy (non-hydrogen) atoms. The Morgan fingerprint density at radius 1 is 0.967 bits per heavy atom. The fraction of sp³-hybridized carbons (Fsp3) is 0.458. The third kappa shape index (κ3) is 8.05. The maximum atomic E-state index is 5.97. The van der Waals surface area contributed by atoms with Crippen LogP contribution in [0.15, 0.2) is 47.5 Å². The molecule has 0 saturated carbocycles. The molecule has 0 heterocycles. The lowest BCUT2D eigenvalue weighted by molar-refractivity contribution is 0.133. The van der Waals surface area contributed by atoms with Crippen molar-refractivity contribution < 1.29 is 14.2 Å². The third-order valence-electron chi connectivity index (χ3n) is 4.67. The first-order valence-corrected chi connectivity index (χ1v) is 10.5. The van der Waals surface area contributed by atoms with Gasteiger partial charge in [-0.3, -0.25) is 4.99 Å². The van der Waals surface area contributed by atoms with E-state index < -0.39 is 0 Å². The largest absolute Gasteiger partial charge is 0.493 e. The second-order valence-corrected chi connectivity index (χ2v) is 6.99. The predicted molar refractivity (Wildman–Crippen MR) is 122 cm³/mol. The molecular weight excluding hydrogens is 378 g/mol. The summed E-state index contributed by atoms with van der Waals surface area (Å²) in [6, 6.07) is 14.6. The van der Waals surface area contributed by atoms with Crippen molar-refractivity contribution in [2.75, 3.05) is 34.0 Å². The van der Waals surface area contributed by atoms with Crippen molar-refractivity contribution in [3.63, 3.8) is 0 Å². The van der Waals surface area contributed by atoms with Gasteiger partial charge < -0.3 is 24.8 Å². The Kier molecular flexibility index (Phi) is 10.8. The second-order valence-electron chi connectivity index (χ2n) is 6.99. The maximum absolute atomic E-state index is 5.97. The standard InChI is InChI=1S/C24H35N3O3/c1-5-29-18-22-10-7-6-9-20(22)16-26-24(25-3)27-17-21-12-11-19(2)15-23(21)30-14-8-13-28-4/h6-7,9-12,15H,5,8,13-14,16-18H2,1-4H3,(H2,25,26,27). The van der Waals surface area contributed by atoms with Gasteiger partial charge in [0.15, 0.2) is 5.96 Å². The molecule has 0 aliphatic heterocycles. The molecule has 6 nitrogen and oxygen atoms in total. The highest BCUT2D eigenvalue weighted by atomic mass is 16.5. The molecule has 0 bridgehead atoms. The fourth-order valence-corrected chi connectivity index (χ4v) is 2.99. The average Bonchev–Trinajstić information content (AvgIpc) is 2.77. The number of ether oxygens (including phenoxy) is 3. The molecule has 0 radical (unpaired) electrons. The van der Waals surface area contributed by atoms with Gasteiger partial charge in [0.05, 0.1) is 13.2 Å². The van der Waals surface area contributed by atoms with Crippen molar-refractivity contribution in [3.05, 3.63) is 64.7 Å². The second kappa shape index (κ2) is 13.6. The lowest BCUT2D eigenvalue weighted by Gasteiger charge is -2.16. The lowest BCUT2D eigenvalue weighted by Crippen LogP contribution is -2.36. The van der Waals surface area contributed by atoms with Gasteiger partial charge >= 0.3 is 0 Å². The number of guanidine groups is 1. The van der Waals surface area contributed by atoms with Gasteiger partial charge in [0.25, 0.3) is 0 Å². The topological polar surface area (TPSA) is 64.1 Å². The smallest absolute Gasteiger partial charge is 0.191 e. The van der Waals surface area contributed by atoms with Crippen LogP contribution in [0.3, 0.4) is 0 Å². The zero-order chi connectivity index (χ0) is 21.6. The summed E-state index contributed by atoms with van der Waals surface area (Å²) in [5.41, 5.74) is 4.66. The van der Waals surface area contributed by atoms with Crippen molar-refractivity contribution >= 4 is 5.96 Å². The molecule has 2 aromatic carbocycles. The van der Waals surface area contributed by atoms with Crippen LogP contribution in [0.1, 0.15) is 35.6 Å². The maximum Gasteiger partial charge on any atom is 0.191 e. The highest BCUT2D eigenvalue weighted by Gasteiger charge is 2.07. The van der Waals surface area contributed by atoms with E-state index >= 15 is 0 Å². The first kappa shape index (κ1) is 23.7. The number of aryl methyl sites for hydroxylation is 1. The van der Waals surface area contributed by atoms with E-state index in [0.29, 0.717) is 39.5 Å². The Morgan fingerprint density at radius 3 is 2.40 bits per heavy atom. The number of aliphatic imine (C=N–C) groups is 1. The minimum Gasteiger partial charge on any atom is -0.493 e. The van der Waals surface area contributed by atoms with Gasteiger partial charge in [-0.25, -0.2) is 0 Å². The van der Waals surface area contributed by atoms with E-state index in [0.717, 1.165) is 23.7 Å². The Hall–Kier alpha value is -2.57. The van der Waals surface area contributed by atoms with Crippen LogP contribution in [0, 0.1) is 6.92 Å². The molecule has 6 heteroatoms. The SMILES string of the molecule is CCOCc1ccccc1CNC(=NC)NCc1ccc(C)cc1OCCCOC. The van der Waals surface area contributed by atoms with Crippen LogP contribution >= 0.6 is 0 Å². The molecule has 0 amide bonds. The number of benzene rings is 2. The average molecular weight is 414 g/mol. The van der Waals surface area contributed by atoms with Crippen LogP contribution in [0.5, 0.6) is 5.75 Å². The Bertz CT molecular complexity index is 793. The Labute approximate surface area is 180 Å². The Morgan fingerprint density at radius 2 is 1.70 bits per heavy atom. The van der Waals surface area contributed by atoms with Crippen LogP contribution in [0.2, 0.25) is 0 Å². The van der Waals surface area contributed by atoms with Gasteiger partial charge in [0.1, 0.15) is 5.75 Å². The molecule has 0 unspecified atom stereocenters. The molecule has 0 spiro atoms. The first-order chi connectivity index (χ1) is 14.7. The zero-order valence-electron chi connectivity index (χ0n) is 18.7. The van der Waals surface area contributed by atoms with E-state index in [4.69, 9.17) is 14.2 Å². The summed E-state index contributed by atoms with van der Waals surface area (Å²) in [4.78, 5) is 4.35. The van der Waals surface area contributed by atoms with Crippen LogP contribution in [-0.4, -0.2) is 39.9 Å². The molecule has 0 aliphatic rings. The molecule has 164 valence electrons. The monoisotopic (exact) mass is 413 g/mol. The predicted octanol–water partition coefficient (Wildman–Crippen LogP) is 3.81. The summed E-state index contributed by atoms with van der Waals surface area (Å²) < 4.78 is 16.6. The van der Waals surface area contributed by atoms with E-state index in [9.17, 15) is 0 Å². The van der Waals surface area contributed by atoms with Crippen LogP contribution in [0.25, 0.3) is 0 Å². The summed E-state index contributed by atoms with van der Waals surface area (Å²) in [5, 5.41) is 6.77. The molecule has 0 aliphatic carbocycles. The summed E-state index contributed by atoms with van der Waals surface area (Å²) in [7, 11) is 3.48. The van der Waals surface area contributed by atoms with Crippen molar-refractivity contribution in [2.45, 2.75) is 40.0 Å². The number of rotatable bonds is 12. The number of methoxy groups -OCH3 is 1. The van der Waals surface area contributed by atoms with Crippen LogP contribution in [-0.2, 0) is 29.2 Å². The Balaban J connectivity index is 1.93. The highest BCUT2D eigenvalue weighted by Crippen LogP contribution is 2.20. The number of nitrogens with one attached hydrogen (secondary N) is 2. The first-order valence-electron chi connectivity index (χ1n) is 10.5. The molecular formula is C24H35N3O3. The van der Waals surface area contributed by atoms with Gasteiger partial charge in [-0.05, 0) is 36.6 Å². The van der Waals surface area contributed by atoms with Crippen LogP contribution in [0.4, 0.5) is 0 Å². The molecule has 0 aromatic heterocycles. The number of hydrogen-bond donors (Lipinski definition) is 2. The van der Waals surface area contributed by atoms with E-state index in [-0.39, 0.29) is 0 Å².